The number of ether oxygens (including phenoxy) is 1. The Bertz CT molecular complexity index is 1020. The molecule has 2 heterocycles. The summed E-state index contributed by atoms with van der Waals surface area (Å²) in [7, 11) is 1.62. The number of imidazole rings is 1. The van der Waals surface area contributed by atoms with Crippen molar-refractivity contribution in [3.05, 3.63) is 66.5 Å². The van der Waals surface area contributed by atoms with Gasteiger partial charge in [0, 0.05) is 11.8 Å². The van der Waals surface area contributed by atoms with E-state index in [2.05, 4.69) is 17.1 Å². The Labute approximate surface area is 143 Å². The van der Waals surface area contributed by atoms with Crippen LogP contribution in [0.4, 0.5) is 0 Å². The van der Waals surface area contributed by atoms with Gasteiger partial charge in [0.1, 0.15) is 17.1 Å². The third-order valence-electron chi connectivity index (χ3n) is 3.88. The molecule has 2 aromatic carbocycles. The van der Waals surface area contributed by atoms with Gasteiger partial charge in [-0.15, -0.1) is 0 Å². The maximum atomic E-state index is 11.7. The van der Waals surface area contributed by atoms with Crippen molar-refractivity contribution in [2.24, 2.45) is 0 Å². The number of carbonyl (C=O) groups excluding carboxylic acids is 1. The lowest BCUT2D eigenvalue weighted by Gasteiger charge is -2.02. The topological polar surface area (TPSA) is 43.6 Å². The van der Waals surface area contributed by atoms with Gasteiger partial charge in [-0.3, -0.25) is 9.20 Å². The number of carbonyl (C=O) groups is 1. The molecule has 4 rings (SSSR count). The van der Waals surface area contributed by atoms with Crippen molar-refractivity contribution < 1.29 is 9.53 Å². The van der Waals surface area contributed by atoms with Crippen LogP contribution in [0.1, 0.15) is 10.5 Å². The Morgan fingerprint density at radius 3 is 2.62 bits per heavy atom. The Kier molecular flexibility index (Phi) is 3.63. The monoisotopic (exact) mass is 334 g/mol. The average molecular weight is 334 g/mol. The third kappa shape index (κ3) is 2.39. The molecule has 4 nitrogen and oxygen atoms in total. The van der Waals surface area contributed by atoms with Crippen molar-refractivity contribution in [2.75, 3.05) is 7.11 Å². The van der Waals surface area contributed by atoms with Crippen LogP contribution in [-0.4, -0.2) is 22.8 Å². The van der Waals surface area contributed by atoms with E-state index in [9.17, 15) is 4.79 Å². The molecule has 0 saturated heterocycles. The summed E-state index contributed by atoms with van der Waals surface area (Å²) in [5.41, 5.74) is 3.22. The molecule has 0 aliphatic heterocycles. The van der Waals surface area contributed by atoms with Crippen LogP contribution in [0.25, 0.3) is 26.7 Å². The summed E-state index contributed by atoms with van der Waals surface area (Å²) in [4.78, 5) is 18.2. The second-order valence-corrected chi connectivity index (χ2v) is 6.32. The molecule has 4 aromatic rings. The first-order valence-corrected chi connectivity index (χ1v) is 8.28. The van der Waals surface area contributed by atoms with Crippen molar-refractivity contribution in [3.8, 4) is 27.4 Å². The van der Waals surface area contributed by atoms with Gasteiger partial charge in [-0.1, -0.05) is 53.8 Å². The average Bonchev–Trinajstić information content (AvgIpc) is 3.20. The van der Waals surface area contributed by atoms with Gasteiger partial charge in [-0.2, -0.15) is 0 Å². The summed E-state index contributed by atoms with van der Waals surface area (Å²) in [6, 6.07) is 17.7. The minimum Gasteiger partial charge on any atom is -0.497 e. The number of methoxy groups -OCH3 is 1. The second kappa shape index (κ2) is 5.94. The van der Waals surface area contributed by atoms with Gasteiger partial charge in [0.2, 0.25) is 0 Å². The van der Waals surface area contributed by atoms with Crippen LogP contribution in [-0.2, 0) is 0 Å². The SMILES string of the molecule is COc1cccc(-c2nc3sc(-c4ccccc4)cn3c2C=O)c1. The van der Waals surface area contributed by atoms with E-state index in [1.165, 1.54) is 0 Å². The van der Waals surface area contributed by atoms with Gasteiger partial charge in [0.25, 0.3) is 0 Å². The van der Waals surface area contributed by atoms with E-state index >= 15 is 0 Å². The van der Waals surface area contributed by atoms with E-state index in [0.717, 1.165) is 33.0 Å². The lowest BCUT2D eigenvalue weighted by atomic mass is 10.1. The summed E-state index contributed by atoms with van der Waals surface area (Å²) in [5, 5.41) is 0. The van der Waals surface area contributed by atoms with E-state index < -0.39 is 0 Å². The number of hydrogen-bond donors (Lipinski definition) is 0. The van der Waals surface area contributed by atoms with Crippen molar-refractivity contribution in [1.29, 1.82) is 0 Å². The number of nitrogens with zero attached hydrogens (tertiary/aromatic N) is 2. The zero-order chi connectivity index (χ0) is 16.5. The predicted octanol–water partition coefficient (Wildman–Crippen LogP) is 4.55. The summed E-state index contributed by atoms with van der Waals surface area (Å²) in [6.07, 6.45) is 2.83. The zero-order valence-corrected chi connectivity index (χ0v) is 13.8. The Morgan fingerprint density at radius 2 is 1.88 bits per heavy atom. The lowest BCUT2D eigenvalue weighted by molar-refractivity contribution is 0.111. The van der Waals surface area contributed by atoms with Gasteiger partial charge in [0.05, 0.1) is 12.0 Å². The highest BCUT2D eigenvalue weighted by molar-refractivity contribution is 7.20. The van der Waals surface area contributed by atoms with Crippen LogP contribution in [0, 0.1) is 0 Å². The minimum atomic E-state index is 0.552. The van der Waals surface area contributed by atoms with Crippen molar-refractivity contribution in [1.82, 2.24) is 9.38 Å². The quantitative estimate of drug-likeness (QED) is 0.514. The fourth-order valence-corrected chi connectivity index (χ4v) is 3.69. The molecule has 0 aliphatic rings. The minimum absolute atomic E-state index is 0.552. The highest BCUT2D eigenvalue weighted by atomic mass is 32.1. The molecule has 2 aromatic heterocycles. The predicted molar refractivity (Wildman–Crippen MR) is 95.9 cm³/mol. The number of rotatable bonds is 4. The molecule has 0 saturated carbocycles. The van der Waals surface area contributed by atoms with Crippen LogP contribution in [0.15, 0.2) is 60.8 Å². The van der Waals surface area contributed by atoms with E-state index in [1.54, 1.807) is 18.4 Å². The fourth-order valence-electron chi connectivity index (χ4n) is 2.69. The molecule has 24 heavy (non-hydrogen) atoms. The molecule has 0 bridgehead atoms. The number of thiazole rings is 1. The van der Waals surface area contributed by atoms with Crippen molar-refractivity contribution in [2.45, 2.75) is 0 Å². The molecule has 0 N–H and O–H groups in total. The first-order valence-electron chi connectivity index (χ1n) is 7.47. The normalized spacial score (nSPS) is 10.9. The number of hydrogen-bond acceptors (Lipinski definition) is 4. The van der Waals surface area contributed by atoms with Gasteiger partial charge in [-0.05, 0) is 17.7 Å². The highest BCUT2D eigenvalue weighted by Crippen LogP contribution is 2.33. The summed E-state index contributed by atoms with van der Waals surface area (Å²) >= 11 is 1.57. The van der Waals surface area contributed by atoms with E-state index in [4.69, 9.17) is 4.74 Å². The fraction of sp³-hybridized carbons (Fsp3) is 0.0526. The molecular formula is C19H14N2O2S. The summed E-state index contributed by atoms with van der Waals surface area (Å²) in [6.45, 7) is 0. The number of benzene rings is 2. The van der Waals surface area contributed by atoms with Gasteiger partial charge < -0.3 is 4.74 Å². The maximum Gasteiger partial charge on any atom is 0.195 e. The first kappa shape index (κ1) is 14.7. The molecule has 118 valence electrons. The second-order valence-electron chi connectivity index (χ2n) is 5.31. The molecule has 0 aliphatic carbocycles. The molecule has 0 amide bonds. The van der Waals surface area contributed by atoms with E-state index in [-0.39, 0.29) is 0 Å². The van der Waals surface area contributed by atoms with Crippen LogP contribution in [0.3, 0.4) is 0 Å². The molecule has 0 radical (unpaired) electrons. The Balaban J connectivity index is 1.86. The van der Waals surface area contributed by atoms with Crippen LogP contribution in [0.2, 0.25) is 0 Å². The summed E-state index contributed by atoms with van der Waals surface area (Å²) < 4.78 is 7.12. The molecule has 0 atom stereocenters. The van der Waals surface area contributed by atoms with Crippen LogP contribution >= 0.6 is 11.3 Å². The van der Waals surface area contributed by atoms with Crippen molar-refractivity contribution >= 4 is 22.6 Å². The van der Waals surface area contributed by atoms with Gasteiger partial charge >= 0.3 is 0 Å². The maximum absolute atomic E-state index is 11.7. The highest BCUT2D eigenvalue weighted by Gasteiger charge is 2.17. The molecule has 5 heteroatoms. The van der Waals surface area contributed by atoms with Gasteiger partial charge in [0.15, 0.2) is 11.2 Å². The standard InChI is InChI=1S/C19H14N2O2S/c1-23-15-9-5-8-14(10-15)18-16(12-22)21-11-17(24-19(21)20-18)13-6-3-2-4-7-13/h2-12H,1H3. The van der Waals surface area contributed by atoms with Crippen LogP contribution in [0.5, 0.6) is 5.75 Å². The van der Waals surface area contributed by atoms with E-state index in [1.807, 2.05) is 53.1 Å². The Morgan fingerprint density at radius 1 is 1.08 bits per heavy atom. The lowest BCUT2D eigenvalue weighted by Crippen LogP contribution is -1.91. The molecule has 0 spiro atoms. The molecule has 0 fully saturated rings. The number of aldehydes is 1. The largest absolute Gasteiger partial charge is 0.497 e. The molecular weight excluding hydrogens is 320 g/mol. The number of fused-ring (bicyclic) bond motifs is 1. The zero-order valence-electron chi connectivity index (χ0n) is 13.0. The van der Waals surface area contributed by atoms with E-state index in [0.29, 0.717) is 11.4 Å². The molecule has 0 unspecified atom stereocenters. The van der Waals surface area contributed by atoms with Gasteiger partial charge in [-0.25, -0.2) is 4.98 Å². The van der Waals surface area contributed by atoms with Crippen molar-refractivity contribution in [3.63, 3.8) is 0 Å². The third-order valence-corrected chi connectivity index (χ3v) is 4.91. The van der Waals surface area contributed by atoms with Crippen LogP contribution < -0.4 is 4.74 Å². The number of aromatic nitrogens is 2. The summed E-state index contributed by atoms with van der Waals surface area (Å²) in [5.74, 6) is 0.741. The first-order chi connectivity index (χ1) is 11.8. The smallest absolute Gasteiger partial charge is 0.195 e. The Hall–Kier alpha value is -2.92.